The van der Waals surface area contributed by atoms with Gasteiger partial charge >= 0.3 is 0 Å². The first kappa shape index (κ1) is 17.7. The van der Waals surface area contributed by atoms with Gasteiger partial charge in [0.1, 0.15) is 5.84 Å². The average molecular weight is 326 g/mol. The molecule has 0 saturated carbocycles. The molecule has 0 radical (unpaired) electrons. The molecule has 0 aromatic heterocycles. The first-order valence-corrected chi connectivity index (χ1v) is 7.72. The van der Waals surface area contributed by atoms with Crippen LogP contribution in [0.2, 0.25) is 0 Å². The van der Waals surface area contributed by atoms with Crippen LogP contribution in [0.1, 0.15) is 19.8 Å². The number of amides is 1. The van der Waals surface area contributed by atoms with Crippen molar-refractivity contribution in [2.24, 2.45) is 0 Å². The quantitative estimate of drug-likeness (QED) is 0.353. The third kappa shape index (κ3) is 5.14. The van der Waals surface area contributed by atoms with E-state index in [2.05, 4.69) is 21.1 Å². The molecule has 0 aromatic carbocycles. The van der Waals surface area contributed by atoms with Gasteiger partial charge in [-0.05, 0) is 33.9 Å². The Labute approximate surface area is 133 Å². The van der Waals surface area contributed by atoms with Crippen molar-refractivity contribution in [2.45, 2.75) is 19.8 Å². The number of carbonyl (C=O) groups is 1. The summed E-state index contributed by atoms with van der Waals surface area (Å²) >= 11 is 6.20. The summed E-state index contributed by atoms with van der Waals surface area (Å²) in [6.07, 6.45) is 8.78. The molecule has 0 spiro atoms. The summed E-state index contributed by atoms with van der Waals surface area (Å²) in [6, 6.07) is 0. The lowest BCUT2D eigenvalue weighted by Crippen LogP contribution is -2.36. The third-order valence-electron chi connectivity index (χ3n) is 3.14. The minimum absolute atomic E-state index is 0.0901. The predicted octanol–water partition coefficient (Wildman–Crippen LogP) is 3.15. The predicted molar refractivity (Wildman–Crippen MR) is 92.4 cm³/mol. The lowest BCUT2D eigenvalue weighted by atomic mass is 10.1. The number of amidine groups is 1. The molecule has 114 valence electrons. The van der Waals surface area contributed by atoms with Crippen LogP contribution in [-0.4, -0.2) is 29.7 Å². The number of rotatable bonds is 5. The highest BCUT2D eigenvalue weighted by Crippen LogP contribution is 2.17. The van der Waals surface area contributed by atoms with Crippen molar-refractivity contribution in [1.82, 2.24) is 9.99 Å². The van der Waals surface area contributed by atoms with E-state index < -0.39 is 0 Å². The summed E-state index contributed by atoms with van der Waals surface area (Å²) in [7, 11) is 2.20. The van der Waals surface area contributed by atoms with Crippen LogP contribution < -0.4 is 5.09 Å². The topological polar surface area (TPSA) is 56.2 Å². The van der Waals surface area contributed by atoms with E-state index in [-0.39, 0.29) is 11.7 Å². The zero-order chi connectivity index (χ0) is 15.8. The van der Waals surface area contributed by atoms with E-state index in [0.29, 0.717) is 24.5 Å². The molecule has 0 aromatic rings. The summed E-state index contributed by atoms with van der Waals surface area (Å²) in [4.78, 5) is 13.3. The molecule has 0 aliphatic carbocycles. The number of hydrogen-bond donors (Lipinski definition) is 2. The molecule has 1 rings (SSSR count). The summed E-state index contributed by atoms with van der Waals surface area (Å²) in [6.45, 7) is 6.88. The Balaban J connectivity index is 2.75. The summed E-state index contributed by atoms with van der Waals surface area (Å²) < 4.78 is 0. The van der Waals surface area contributed by atoms with E-state index in [9.17, 15) is 4.79 Å². The molecule has 21 heavy (non-hydrogen) atoms. The molecule has 4 nitrogen and oxygen atoms in total. The summed E-state index contributed by atoms with van der Waals surface area (Å²) in [5.74, 6) is 0.176. The van der Waals surface area contributed by atoms with Crippen LogP contribution in [0.25, 0.3) is 0 Å². The van der Waals surface area contributed by atoms with Crippen LogP contribution in [0.15, 0.2) is 47.1 Å². The molecule has 0 saturated heterocycles. The first-order chi connectivity index (χ1) is 10.0. The Morgan fingerprint density at radius 3 is 2.86 bits per heavy atom. The summed E-state index contributed by atoms with van der Waals surface area (Å²) in [5, 5.41) is 11.0. The number of halogens is 1. The van der Waals surface area contributed by atoms with E-state index in [1.807, 2.05) is 24.0 Å². The molecule has 0 bridgehead atoms. The van der Waals surface area contributed by atoms with Crippen LogP contribution in [0, 0.1) is 5.41 Å². The molecule has 2 N–H and O–H groups in total. The highest BCUT2D eigenvalue weighted by atomic mass is 35.5. The maximum Gasteiger partial charge on any atom is 0.249 e. The van der Waals surface area contributed by atoms with Crippen LogP contribution in [-0.2, 0) is 4.79 Å². The highest BCUT2D eigenvalue weighted by molar-refractivity contribution is 7.15. The number of allylic oxidation sites excluding steroid dienone is 4. The van der Waals surface area contributed by atoms with Crippen molar-refractivity contribution in [3.63, 3.8) is 0 Å². The molecule has 1 atom stereocenters. The normalized spacial score (nSPS) is 16.3. The monoisotopic (exact) mass is 325 g/mol. The molecule has 1 aliphatic rings. The summed E-state index contributed by atoms with van der Waals surface area (Å²) in [5.41, 5.74) is 1.65. The molecular weight excluding hydrogens is 305 g/mol. The van der Waals surface area contributed by atoms with Gasteiger partial charge in [0.2, 0.25) is 5.91 Å². The molecule has 0 fully saturated rings. The molecule has 1 aliphatic heterocycles. The van der Waals surface area contributed by atoms with Crippen molar-refractivity contribution < 1.29 is 4.79 Å². The molecule has 6 heteroatoms. The first-order valence-electron chi connectivity index (χ1n) is 6.77. The minimum Gasteiger partial charge on any atom is -0.352 e. The average Bonchev–Trinajstić information content (AvgIpc) is 2.52. The Hall–Kier alpha value is -1.38. The SMILES string of the molecule is C=CC(=C/CC)/C=C(/Cl)C(=N)N1CC=C(C(=O)NP)CC1. The van der Waals surface area contributed by atoms with Gasteiger partial charge in [-0.15, -0.1) is 0 Å². The number of hydrogen-bond acceptors (Lipinski definition) is 2. The number of nitrogens with one attached hydrogen (secondary N) is 2. The minimum atomic E-state index is -0.0901. The van der Waals surface area contributed by atoms with Gasteiger partial charge in [0.25, 0.3) is 0 Å². The lowest BCUT2D eigenvalue weighted by Gasteiger charge is -2.27. The van der Waals surface area contributed by atoms with Gasteiger partial charge in [0, 0.05) is 18.7 Å². The van der Waals surface area contributed by atoms with Crippen LogP contribution in [0.5, 0.6) is 0 Å². The van der Waals surface area contributed by atoms with E-state index in [0.717, 1.165) is 17.6 Å². The molecule has 1 unspecified atom stereocenters. The van der Waals surface area contributed by atoms with Gasteiger partial charge in [-0.25, -0.2) is 0 Å². The second-order valence-corrected chi connectivity index (χ2v) is 5.25. The van der Waals surface area contributed by atoms with Gasteiger partial charge in [-0.3, -0.25) is 10.2 Å². The second kappa shape index (κ2) is 8.81. The van der Waals surface area contributed by atoms with Gasteiger partial charge in [0.15, 0.2) is 0 Å². The maximum atomic E-state index is 11.5. The Kier molecular flexibility index (Phi) is 7.41. The van der Waals surface area contributed by atoms with E-state index >= 15 is 0 Å². The molecule has 1 amide bonds. The van der Waals surface area contributed by atoms with Crippen molar-refractivity contribution in [2.75, 3.05) is 13.1 Å². The van der Waals surface area contributed by atoms with Crippen LogP contribution in [0.3, 0.4) is 0 Å². The molecular formula is C15H21ClN3OP. The third-order valence-corrected chi connectivity index (χ3v) is 3.69. The largest absolute Gasteiger partial charge is 0.352 e. The van der Waals surface area contributed by atoms with Crippen molar-refractivity contribution in [3.05, 3.63) is 47.1 Å². The van der Waals surface area contributed by atoms with E-state index in [1.54, 1.807) is 12.2 Å². The fraction of sp³-hybridized carbons (Fsp3) is 0.333. The standard InChI is InChI=1S/C15H21ClN3OP/c1-3-5-11(4-2)10-13(16)14(17)19-8-6-12(7-9-19)15(20)18-21/h4-6,10,17H,2-3,7-9,21H2,1H3,(H,18,20)/b11-5-,13-10+,17-14?. The zero-order valence-electron chi connectivity index (χ0n) is 12.2. The van der Waals surface area contributed by atoms with Crippen molar-refractivity contribution >= 4 is 32.7 Å². The van der Waals surface area contributed by atoms with Crippen LogP contribution in [0.4, 0.5) is 0 Å². The number of carbonyl (C=O) groups excluding carboxylic acids is 1. The van der Waals surface area contributed by atoms with Gasteiger partial charge in [-0.1, -0.05) is 43.3 Å². The zero-order valence-corrected chi connectivity index (χ0v) is 14.1. The van der Waals surface area contributed by atoms with Crippen molar-refractivity contribution in [1.29, 1.82) is 5.41 Å². The fourth-order valence-corrected chi connectivity index (χ4v) is 2.40. The second-order valence-electron chi connectivity index (χ2n) is 4.56. The smallest absolute Gasteiger partial charge is 0.249 e. The van der Waals surface area contributed by atoms with Gasteiger partial charge in [0.05, 0.1) is 5.03 Å². The van der Waals surface area contributed by atoms with Gasteiger partial charge < -0.3 is 9.99 Å². The number of nitrogens with zero attached hydrogens (tertiary/aromatic N) is 1. The molecule has 1 heterocycles. The highest BCUT2D eigenvalue weighted by Gasteiger charge is 2.19. The maximum absolute atomic E-state index is 11.5. The van der Waals surface area contributed by atoms with E-state index in [4.69, 9.17) is 17.0 Å². The lowest BCUT2D eigenvalue weighted by molar-refractivity contribution is -0.116. The van der Waals surface area contributed by atoms with Crippen molar-refractivity contribution in [3.8, 4) is 0 Å². The fourth-order valence-electron chi connectivity index (χ4n) is 1.97. The van der Waals surface area contributed by atoms with Gasteiger partial charge in [-0.2, -0.15) is 0 Å². The Morgan fingerprint density at radius 1 is 1.67 bits per heavy atom. The van der Waals surface area contributed by atoms with E-state index in [1.165, 1.54) is 0 Å². The Morgan fingerprint density at radius 2 is 2.38 bits per heavy atom. The Bertz CT molecular complexity index is 523. The van der Waals surface area contributed by atoms with Crippen LogP contribution >= 0.6 is 21.0 Å².